The van der Waals surface area contributed by atoms with Crippen molar-refractivity contribution in [2.75, 3.05) is 0 Å². The zero-order valence-electron chi connectivity index (χ0n) is 19.2. The minimum Gasteiger partial charge on any atom is -0.309 e. The fourth-order valence-corrected chi connectivity index (χ4v) is 6.82. The Kier molecular flexibility index (Phi) is 3.19. The average Bonchev–Trinajstić information content (AvgIpc) is 3.57. The van der Waals surface area contributed by atoms with Crippen molar-refractivity contribution in [1.29, 1.82) is 0 Å². The van der Waals surface area contributed by atoms with Crippen LogP contribution in [0.15, 0.2) is 103 Å². The normalized spacial score (nSPS) is 13.5. The molecule has 0 amide bonds. The molecule has 0 radical (unpaired) electrons. The van der Waals surface area contributed by atoms with E-state index in [2.05, 4.69) is 108 Å². The van der Waals surface area contributed by atoms with E-state index in [0.717, 1.165) is 12.8 Å². The zero-order chi connectivity index (χ0) is 22.7. The molecule has 0 atom stereocenters. The Hall–Kier alpha value is -4.36. The van der Waals surface area contributed by atoms with Gasteiger partial charge in [-0.1, -0.05) is 60.7 Å². The molecule has 9 rings (SSSR count). The SMILES string of the molecule is c1ccc2c(c1)Cc1cc3c(cc1-2)Cc1cc2c4ccccc4n4c5ccccc5cc4c2cc1-3. The Morgan fingerprint density at radius 3 is 1.97 bits per heavy atom. The smallest absolute Gasteiger partial charge is 0.0547 e. The molecule has 0 fully saturated rings. The number of para-hydroxylation sites is 2. The summed E-state index contributed by atoms with van der Waals surface area (Å²) in [5, 5.41) is 5.32. The van der Waals surface area contributed by atoms with Gasteiger partial charge in [0.25, 0.3) is 0 Å². The summed E-state index contributed by atoms with van der Waals surface area (Å²) in [6, 6.07) is 38.8. The van der Waals surface area contributed by atoms with Crippen molar-refractivity contribution in [2.24, 2.45) is 0 Å². The van der Waals surface area contributed by atoms with E-state index in [4.69, 9.17) is 0 Å². The zero-order valence-corrected chi connectivity index (χ0v) is 19.2. The number of fused-ring (bicyclic) bond motifs is 14. The second-order valence-corrected chi connectivity index (χ2v) is 10.2. The van der Waals surface area contributed by atoms with Crippen LogP contribution in [0, 0.1) is 0 Å². The van der Waals surface area contributed by atoms with Gasteiger partial charge < -0.3 is 4.40 Å². The predicted molar refractivity (Wildman–Crippen MR) is 146 cm³/mol. The molecule has 5 aromatic carbocycles. The molecular formula is C34H21N. The number of rotatable bonds is 0. The Morgan fingerprint density at radius 1 is 0.400 bits per heavy atom. The highest BCUT2D eigenvalue weighted by Crippen LogP contribution is 2.47. The molecule has 162 valence electrons. The first-order valence-corrected chi connectivity index (χ1v) is 12.5. The molecule has 0 spiro atoms. The van der Waals surface area contributed by atoms with Crippen LogP contribution in [0.4, 0.5) is 0 Å². The number of hydrogen-bond acceptors (Lipinski definition) is 0. The van der Waals surface area contributed by atoms with Gasteiger partial charge in [0.05, 0.1) is 16.6 Å². The van der Waals surface area contributed by atoms with Gasteiger partial charge in [0.1, 0.15) is 0 Å². The molecule has 0 saturated carbocycles. The molecule has 0 N–H and O–H groups in total. The maximum Gasteiger partial charge on any atom is 0.0547 e. The molecule has 1 heteroatoms. The van der Waals surface area contributed by atoms with E-state index < -0.39 is 0 Å². The first-order chi connectivity index (χ1) is 17.3. The summed E-state index contributed by atoms with van der Waals surface area (Å²) in [4.78, 5) is 0. The van der Waals surface area contributed by atoms with Crippen LogP contribution in [0.1, 0.15) is 22.3 Å². The minimum atomic E-state index is 1.01. The molecule has 7 aromatic rings. The number of hydrogen-bond donors (Lipinski definition) is 0. The van der Waals surface area contributed by atoms with Crippen LogP contribution in [0.2, 0.25) is 0 Å². The lowest BCUT2D eigenvalue weighted by atomic mass is 9.96. The molecule has 1 nitrogen and oxygen atoms in total. The van der Waals surface area contributed by atoms with Crippen molar-refractivity contribution in [3.05, 3.63) is 125 Å². The lowest BCUT2D eigenvalue weighted by Gasteiger charge is -2.12. The maximum absolute atomic E-state index is 2.48. The van der Waals surface area contributed by atoms with Crippen LogP contribution in [0.3, 0.4) is 0 Å². The van der Waals surface area contributed by atoms with Crippen LogP contribution >= 0.6 is 0 Å². The third-order valence-electron chi connectivity index (χ3n) is 8.35. The van der Waals surface area contributed by atoms with Gasteiger partial charge in [-0.3, -0.25) is 0 Å². The quantitative estimate of drug-likeness (QED) is 0.207. The molecule has 2 aliphatic rings. The highest BCUT2D eigenvalue weighted by Gasteiger charge is 2.26. The molecule has 2 aliphatic carbocycles. The molecule has 35 heavy (non-hydrogen) atoms. The van der Waals surface area contributed by atoms with E-state index >= 15 is 0 Å². The lowest BCUT2D eigenvalue weighted by molar-refractivity contribution is 1.24. The van der Waals surface area contributed by atoms with E-state index in [1.165, 1.54) is 82.6 Å². The van der Waals surface area contributed by atoms with Gasteiger partial charge in [-0.15, -0.1) is 0 Å². The Labute approximate surface area is 202 Å². The van der Waals surface area contributed by atoms with Crippen LogP contribution in [0.25, 0.3) is 60.3 Å². The monoisotopic (exact) mass is 443 g/mol. The van der Waals surface area contributed by atoms with Crippen LogP contribution in [-0.4, -0.2) is 4.40 Å². The molecule has 2 heterocycles. The number of nitrogens with zero attached hydrogens (tertiary/aromatic N) is 1. The number of benzene rings is 5. The van der Waals surface area contributed by atoms with Crippen molar-refractivity contribution in [3.63, 3.8) is 0 Å². The van der Waals surface area contributed by atoms with Crippen LogP contribution in [-0.2, 0) is 12.8 Å². The first-order valence-electron chi connectivity index (χ1n) is 12.5. The topological polar surface area (TPSA) is 4.41 Å². The first kappa shape index (κ1) is 18.0. The third kappa shape index (κ3) is 2.24. The van der Waals surface area contributed by atoms with Crippen LogP contribution in [0.5, 0.6) is 0 Å². The van der Waals surface area contributed by atoms with Crippen molar-refractivity contribution >= 4 is 38.1 Å². The molecule has 0 unspecified atom stereocenters. The fraction of sp³-hybridized carbons (Fsp3) is 0.0588. The van der Waals surface area contributed by atoms with Crippen molar-refractivity contribution in [1.82, 2.24) is 4.40 Å². The number of pyridine rings is 1. The summed E-state index contributed by atoms with van der Waals surface area (Å²) < 4.78 is 2.45. The van der Waals surface area contributed by atoms with Gasteiger partial charge in [-0.25, -0.2) is 0 Å². The van der Waals surface area contributed by atoms with E-state index in [1.807, 2.05) is 0 Å². The summed E-state index contributed by atoms with van der Waals surface area (Å²) >= 11 is 0. The van der Waals surface area contributed by atoms with E-state index in [1.54, 1.807) is 0 Å². The van der Waals surface area contributed by atoms with Gasteiger partial charge in [-0.2, -0.15) is 0 Å². The maximum atomic E-state index is 2.48. The second-order valence-electron chi connectivity index (χ2n) is 10.2. The summed E-state index contributed by atoms with van der Waals surface area (Å²) in [7, 11) is 0. The number of aromatic nitrogens is 1. The highest BCUT2D eigenvalue weighted by molar-refractivity contribution is 6.17. The minimum absolute atomic E-state index is 1.01. The molecule has 0 aliphatic heterocycles. The second kappa shape index (κ2) is 6.20. The van der Waals surface area contributed by atoms with E-state index in [9.17, 15) is 0 Å². The van der Waals surface area contributed by atoms with Gasteiger partial charge in [0, 0.05) is 16.2 Å². The summed E-state index contributed by atoms with van der Waals surface area (Å²) in [5.41, 5.74) is 15.4. The third-order valence-corrected chi connectivity index (χ3v) is 8.35. The largest absolute Gasteiger partial charge is 0.309 e. The fourth-order valence-electron chi connectivity index (χ4n) is 6.82. The van der Waals surface area contributed by atoms with Gasteiger partial charge in [0.2, 0.25) is 0 Å². The summed E-state index contributed by atoms with van der Waals surface area (Å²) in [6.45, 7) is 0. The van der Waals surface area contributed by atoms with Gasteiger partial charge >= 0.3 is 0 Å². The molecular weight excluding hydrogens is 422 g/mol. The molecule has 0 bridgehead atoms. The summed E-state index contributed by atoms with van der Waals surface area (Å²) in [6.07, 6.45) is 2.05. The Morgan fingerprint density at radius 2 is 1.06 bits per heavy atom. The highest BCUT2D eigenvalue weighted by atomic mass is 14.9. The average molecular weight is 444 g/mol. The Bertz CT molecular complexity index is 2050. The standard InChI is InChI=1S/C34H21N/c1-3-9-25-20(7-1)13-22-16-28-23(15-27(22)25)14-24-17-30-26-10-4-6-12-33(26)35-32-11-5-2-8-21(32)18-34(35)31(30)19-29(24)28/h1-12,15-19H,13-14H2. The Balaban J connectivity index is 1.37. The van der Waals surface area contributed by atoms with Gasteiger partial charge in [-0.05, 0) is 105 Å². The molecule has 0 saturated heterocycles. The van der Waals surface area contributed by atoms with Gasteiger partial charge in [0.15, 0.2) is 0 Å². The lowest BCUT2D eigenvalue weighted by Crippen LogP contribution is -1.92. The van der Waals surface area contributed by atoms with Crippen molar-refractivity contribution in [3.8, 4) is 22.3 Å². The summed E-state index contributed by atoms with van der Waals surface area (Å²) in [5.74, 6) is 0. The van der Waals surface area contributed by atoms with E-state index in [0.29, 0.717) is 0 Å². The van der Waals surface area contributed by atoms with Crippen LogP contribution < -0.4 is 0 Å². The predicted octanol–water partition coefficient (Wildman–Crippen LogP) is 8.54. The van der Waals surface area contributed by atoms with E-state index in [-0.39, 0.29) is 0 Å². The molecule has 2 aromatic heterocycles. The van der Waals surface area contributed by atoms with Crippen molar-refractivity contribution in [2.45, 2.75) is 12.8 Å². The van der Waals surface area contributed by atoms with Crippen molar-refractivity contribution < 1.29 is 0 Å².